The fourth-order valence-electron chi connectivity index (χ4n) is 3.35. The third kappa shape index (κ3) is 7.36. The zero-order valence-electron chi connectivity index (χ0n) is 16.4. The van der Waals surface area contributed by atoms with Crippen LogP contribution in [0, 0.1) is 0 Å². The third-order valence-electron chi connectivity index (χ3n) is 5.04. The van der Waals surface area contributed by atoms with E-state index in [9.17, 15) is 8.42 Å². The van der Waals surface area contributed by atoms with E-state index in [-0.39, 0.29) is 11.5 Å². The van der Waals surface area contributed by atoms with Gasteiger partial charge in [0.05, 0.1) is 24.7 Å². The normalized spacial score (nSPS) is 20.1. The Morgan fingerprint density at radius 2 is 1.11 bits per heavy atom. The van der Waals surface area contributed by atoms with E-state index in [0.29, 0.717) is 26.3 Å². The van der Waals surface area contributed by atoms with Gasteiger partial charge in [-0.3, -0.25) is 9.80 Å². The van der Waals surface area contributed by atoms with E-state index < -0.39 is 9.84 Å². The van der Waals surface area contributed by atoms with Crippen LogP contribution < -0.4 is 0 Å². The molecule has 0 unspecified atom stereocenters. The Hall–Kier alpha value is -1.73. The van der Waals surface area contributed by atoms with E-state index in [1.165, 1.54) is 11.1 Å². The Bertz CT molecular complexity index is 736. The predicted molar refractivity (Wildman–Crippen MR) is 113 cm³/mol. The van der Waals surface area contributed by atoms with Crippen molar-refractivity contribution in [2.45, 2.75) is 13.1 Å². The molecule has 6 heteroatoms. The molecule has 152 valence electrons. The average molecular weight is 403 g/mol. The minimum absolute atomic E-state index is 0.193. The van der Waals surface area contributed by atoms with Crippen LogP contribution in [0.4, 0.5) is 0 Å². The molecule has 28 heavy (non-hydrogen) atoms. The SMILES string of the molecule is O=S1(=O)CCN(Cc2ccccc2)CCOCCN(Cc2ccccc2)CC1. The lowest BCUT2D eigenvalue weighted by atomic mass is 10.2. The minimum Gasteiger partial charge on any atom is -0.379 e. The summed E-state index contributed by atoms with van der Waals surface area (Å²) in [6.07, 6.45) is 0. The fourth-order valence-corrected chi connectivity index (χ4v) is 4.63. The molecular weight excluding hydrogens is 372 g/mol. The van der Waals surface area contributed by atoms with Crippen LogP contribution in [0.5, 0.6) is 0 Å². The van der Waals surface area contributed by atoms with Crippen molar-refractivity contribution in [3.8, 4) is 0 Å². The van der Waals surface area contributed by atoms with Gasteiger partial charge >= 0.3 is 0 Å². The van der Waals surface area contributed by atoms with Crippen molar-refractivity contribution < 1.29 is 13.2 Å². The van der Waals surface area contributed by atoms with Crippen molar-refractivity contribution in [1.29, 1.82) is 0 Å². The Kier molecular flexibility index (Phi) is 8.03. The van der Waals surface area contributed by atoms with E-state index in [2.05, 4.69) is 34.1 Å². The quantitative estimate of drug-likeness (QED) is 0.786. The molecule has 2 aromatic rings. The number of nitrogens with zero attached hydrogens (tertiary/aromatic N) is 2. The maximum absolute atomic E-state index is 12.6. The van der Waals surface area contributed by atoms with Gasteiger partial charge < -0.3 is 4.74 Å². The van der Waals surface area contributed by atoms with Gasteiger partial charge in [-0.1, -0.05) is 60.7 Å². The molecule has 0 N–H and O–H groups in total. The first kappa shape index (κ1) is 21.0. The summed E-state index contributed by atoms with van der Waals surface area (Å²) in [5, 5.41) is 0. The lowest BCUT2D eigenvalue weighted by Crippen LogP contribution is -2.37. The molecule has 0 spiro atoms. The van der Waals surface area contributed by atoms with E-state index in [0.717, 1.165) is 26.2 Å². The lowest BCUT2D eigenvalue weighted by molar-refractivity contribution is 0.0814. The average Bonchev–Trinajstić information content (AvgIpc) is 2.70. The zero-order chi connectivity index (χ0) is 19.7. The van der Waals surface area contributed by atoms with Crippen molar-refractivity contribution in [3.05, 3.63) is 71.8 Å². The van der Waals surface area contributed by atoms with E-state index in [1.54, 1.807) is 0 Å². The number of ether oxygens (including phenoxy) is 1. The molecule has 1 aliphatic rings. The van der Waals surface area contributed by atoms with Gasteiger partial charge in [-0.25, -0.2) is 8.42 Å². The third-order valence-corrected chi connectivity index (χ3v) is 6.65. The van der Waals surface area contributed by atoms with E-state index in [1.807, 2.05) is 36.4 Å². The van der Waals surface area contributed by atoms with Crippen LogP contribution in [0.15, 0.2) is 60.7 Å². The maximum Gasteiger partial charge on any atom is 0.152 e. The first-order valence-electron chi connectivity index (χ1n) is 9.91. The Morgan fingerprint density at radius 1 is 0.679 bits per heavy atom. The van der Waals surface area contributed by atoms with Gasteiger partial charge in [0.25, 0.3) is 0 Å². The molecule has 5 nitrogen and oxygen atoms in total. The molecule has 0 aromatic heterocycles. The molecule has 2 aromatic carbocycles. The van der Waals surface area contributed by atoms with Crippen LogP contribution in [0.25, 0.3) is 0 Å². The fraction of sp³-hybridized carbons (Fsp3) is 0.455. The van der Waals surface area contributed by atoms with Crippen molar-refractivity contribution in [3.63, 3.8) is 0 Å². The summed E-state index contributed by atoms with van der Waals surface area (Å²) in [7, 11) is -3.08. The molecule has 1 aliphatic heterocycles. The largest absolute Gasteiger partial charge is 0.379 e. The highest BCUT2D eigenvalue weighted by Gasteiger charge is 2.18. The summed E-state index contributed by atoms with van der Waals surface area (Å²) < 4.78 is 31.1. The molecule has 0 saturated carbocycles. The van der Waals surface area contributed by atoms with Gasteiger partial charge in [-0.05, 0) is 11.1 Å². The highest BCUT2D eigenvalue weighted by molar-refractivity contribution is 7.91. The number of rotatable bonds is 4. The number of sulfone groups is 1. The zero-order valence-corrected chi connectivity index (χ0v) is 17.2. The van der Waals surface area contributed by atoms with Gasteiger partial charge in [0.2, 0.25) is 0 Å². The molecule has 0 bridgehead atoms. The lowest BCUT2D eigenvalue weighted by Gasteiger charge is -2.26. The summed E-state index contributed by atoms with van der Waals surface area (Å²) in [6.45, 7) is 5.29. The predicted octanol–water partition coefficient (Wildman–Crippen LogP) is 2.44. The topological polar surface area (TPSA) is 49.9 Å². The first-order chi connectivity index (χ1) is 13.6. The Labute approximate surface area is 168 Å². The Morgan fingerprint density at radius 3 is 1.54 bits per heavy atom. The standard InChI is InChI=1S/C22H30N2O3S/c25-28(26)17-13-23(19-21-7-3-1-4-8-21)11-15-27-16-12-24(14-18-28)20-22-9-5-2-6-10-22/h1-10H,11-20H2. The second-order valence-corrected chi connectivity index (χ2v) is 9.59. The van der Waals surface area contributed by atoms with Crippen LogP contribution in [-0.4, -0.2) is 69.1 Å². The van der Waals surface area contributed by atoms with E-state index in [4.69, 9.17) is 4.74 Å². The summed E-state index contributed by atoms with van der Waals surface area (Å²) in [4.78, 5) is 4.35. The van der Waals surface area contributed by atoms with Gasteiger partial charge in [0.1, 0.15) is 0 Å². The summed E-state index contributed by atoms with van der Waals surface area (Å²) >= 11 is 0. The summed E-state index contributed by atoms with van der Waals surface area (Å²) in [6, 6.07) is 20.4. The Balaban J connectivity index is 1.59. The smallest absolute Gasteiger partial charge is 0.152 e. The monoisotopic (exact) mass is 402 g/mol. The van der Waals surface area contributed by atoms with Crippen molar-refractivity contribution >= 4 is 9.84 Å². The van der Waals surface area contributed by atoms with Crippen molar-refractivity contribution in [1.82, 2.24) is 9.80 Å². The summed E-state index contributed by atoms with van der Waals surface area (Å²) in [5.41, 5.74) is 2.39. The highest BCUT2D eigenvalue weighted by Crippen LogP contribution is 2.08. The van der Waals surface area contributed by atoms with Crippen LogP contribution in [-0.2, 0) is 27.7 Å². The molecular formula is C22H30N2O3S. The second-order valence-electron chi connectivity index (χ2n) is 7.29. The molecule has 3 rings (SSSR count). The molecule has 0 atom stereocenters. The molecule has 0 aliphatic carbocycles. The molecule has 0 amide bonds. The number of hydrogen-bond donors (Lipinski definition) is 0. The van der Waals surface area contributed by atoms with E-state index >= 15 is 0 Å². The number of hydrogen-bond acceptors (Lipinski definition) is 5. The van der Waals surface area contributed by atoms with Gasteiger partial charge in [0, 0.05) is 39.3 Å². The minimum atomic E-state index is -3.08. The van der Waals surface area contributed by atoms with Gasteiger partial charge in [0.15, 0.2) is 9.84 Å². The molecule has 1 fully saturated rings. The van der Waals surface area contributed by atoms with Crippen LogP contribution in [0.2, 0.25) is 0 Å². The molecule has 0 radical (unpaired) electrons. The molecule has 1 saturated heterocycles. The highest BCUT2D eigenvalue weighted by atomic mass is 32.2. The first-order valence-corrected chi connectivity index (χ1v) is 11.7. The van der Waals surface area contributed by atoms with Crippen molar-refractivity contribution in [2.75, 3.05) is 50.9 Å². The summed E-state index contributed by atoms with van der Waals surface area (Å²) in [5.74, 6) is 0.387. The van der Waals surface area contributed by atoms with Crippen molar-refractivity contribution in [2.24, 2.45) is 0 Å². The number of benzene rings is 2. The molecule has 1 heterocycles. The van der Waals surface area contributed by atoms with Crippen LogP contribution in [0.1, 0.15) is 11.1 Å². The van der Waals surface area contributed by atoms with Crippen LogP contribution >= 0.6 is 0 Å². The van der Waals surface area contributed by atoms with Crippen LogP contribution in [0.3, 0.4) is 0 Å². The second kappa shape index (κ2) is 10.7. The maximum atomic E-state index is 12.6. The van der Waals surface area contributed by atoms with Gasteiger partial charge in [-0.15, -0.1) is 0 Å². The van der Waals surface area contributed by atoms with Gasteiger partial charge in [-0.2, -0.15) is 0 Å².